The summed E-state index contributed by atoms with van der Waals surface area (Å²) in [5, 5.41) is 3.35. The number of hydrogen-bond acceptors (Lipinski definition) is 2. The molecule has 0 aromatic carbocycles. The molecule has 1 N–H and O–H groups in total. The maximum absolute atomic E-state index is 3.35. The summed E-state index contributed by atoms with van der Waals surface area (Å²) in [6, 6.07) is 1.72. The van der Waals surface area contributed by atoms with Crippen molar-refractivity contribution < 1.29 is 0 Å². The molecule has 2 nitrogen and oxygen atoms in total. The topological polar surface area (TPSA) is 15.3 Å². The molecule has 1 aliphatic carbocycles. The number of piperidine rings is 1. The molecule has 76 valence electrons. The van der Waals surface area contributed by atoms with E-state index < -0.39 is 0 Å². The zero-order valence-corrected chi connectivity index (χ0v) is 8.92. The summed E-state index contributed by atoms with van der Waals surface area (Å²) in [7, 11) is 2.08. The van der Waals surface area contributed by atoms with Crippen LogP contribution in [0.1, 0.15) is 32.6 Å². The first-order valence-corrected chi connectivity index (χ1v) is 5.71. The Balaban J connectivity index is 1.71. The van der Waals surface area contributed by atoms with Crippen molar-refractivity contribution in [1.29, 1.82) is 0 Å². The van der Waals surface area contributed by atoms with E-state index in [1.54, 1.807) is 0 Å². The summed E-state index contributed by atoms with van der Waals surface area (Å²) >= 11 is 0. The van der Waals surface area contributed by atoms with Gasteiger partial charge in [-0.25, -0.2) is 0 Å². The van der Waals surface area contributed by atoms with Crippen LogP contribution in [0.15, 0.2) is 0 Å². The molecule has 2 rings (SSSR count). The lowest BCUT2D eigenvalue weighted by atomic mass is 9.84. The minimum Gasteiger partial charge on any atom is -0.317 e. The Hall–Kier alpha value is -0.0800. The Labute approximate surface area is 81.7 Å². The number of likely N-dealkylation sites (tertiary alicyclic amines) is 1. The number of nitrogens with one attached hydrogen (secondary N) is 1. The van der Waals surface area contributed by atoms with Gasteiger partial charge >= 0.3 is 0 Å². The van der Waals surface area contributed by atoms with Gasteiger partial charge in [-0.3, -0.25) is 0 Å². The molecule has 0 radical (unpaired) electrons. The molecule has 1 aliphatic heterocycles. The minimum absolute atomic E-state index is 0.810. The van der Waals surface area contributed by atoms with E-state index in [4.69, 9.17) is 0 Å². The van der Waals surface area contributed by atoms with Crippen LogP contribution in [0.5, 0.6) is 0 Å². The van der Waals surface area contributed by atoms with Crippen LogP contribution in [-0.2, 0) is 0 Å². The molecule has 13 heavy (non-hydrogen) atoms. The molecule has 0 bridgehead atoms. The third-order valence-electron chi connectivity index (χ3n) is 3.86. The highest BCUT2D eigenvalue weighted by atomic mass is 15.2. The Morgan fingerprint density at radius 2 is 1.77 bits per heavy atom. The predicted octanol–water partition coefficient (Wildman–Crippen LogP) is 1.47. The lowest BCUT2D eigenvalue weighted by Gasteiger charge is -2.45. The third-order valence-corrected chi connectivity index (χ3v) is 3.86. The van der Waals surface area contributed by atoms with E-state index in [2.05, 4.69) is 24.2 Å². The van der Waals surface area contributed by atoms with Crippen LogP contribution in [0.25, 0.3) is 0 Å². The second kappa shape index (κ2) is 3.97. The second-order valence-corrected chi connectivity index (χ2v) is 4.83. The molecule has 2 heteroatoms. The van der Waals surface area contributed by atoms with E-state index in [1.165, 1.54) is 38.8 Å². The van der Waals surface area contributed by atoms with Crippen molar-refractivity contribution in [3.8, 4) is 0 Å². The number of rotatable bonds is 2. The monoisotopic (exact) mass is 182 g/mol. The van der Waals surface area contributed by atoms with Gasteiger partial charge in [0.1, 0.15) is 0 Å². The van der Waals surface area contributed by atoms with Gasteiger partial charge in [0.2, 0.25) is 0 Å². The van der Waals surface area contributed by atoms with Gasteiger partial charge in [0.05, 0.1) is 0 Å². The molecule has 0 amide bonds. The fourth-order valence-electron chi connectivity index (χ4n) is 2.52. The Bertz CT molecular complexity index is 155. The number of hydrogen-bond donors (Lipinski definition) is 1. The quantitative estimate of drug-likeness (QED) is 0.695. The maximum Gasteiger partial charge on any atom is 0.0125 e. The summed E-state index contributed by atoms with van der Waals surface area (Å²) < 4.78 is 0. The normalized spacial score (nSPS) is 37.4. The molecule has 0 atom stereocenters. The van der Waals surface area contributed by atoms with Crippen LogP contribution in [0.4, 0.5) is 0 Å². The standard InChI is InChI=1S/C11H22N2/c1-9-3-5-13(6-4-9)11-7-10(8-11)12-2/h9-12H,3-8H2,1-2H3. The molecule has 1 saturated heterocycles. The van der Waals surface area contributed by atoms with Gasteiger partial charge in [-0.2, -0.15) is 0 Å². The van der Waals surface area contributed by atoms with Crippen LogP contribution >= 0.6 is 0 Å². The fourth-order valence-corrected chi connectivity index (χ4v) is 2.52. The minimum atomic E-state index is 0.810. The summed E-state index contributed by atoms with van der Waals surface area (Å²) in [5.41, 5.74) is 0. The Morgan fingerprint density at radius 1 is 1.15 bits per heavy atom. The van der Waals surface area contributed by atoms with Crippen molar-refractivity contribution in [2.75, 3.05) is 20.1 Å². The lowest BCUT2D eigenvalue weighted by Crippen LogP contribution is -2.53. The first-order chi connectivity index (χ1) is 6.29. The zero-order valence-electron chi connectivity index (χ0n) is 8.92. The molecule has 0 unspecified atom stereocenters. The molecule has 0 spiro atoms. The molecular weight excluding hydrogens is 160 g/mol. The van der Waals surface area contributed by atoms with E-state index in [1.807, 2.05) is 0 Å². The van der Waals surface area contributed by atoms with Crippen LogP contribution in [-0.4, -0.2) is 37.1 Å². The smallest absolute Gasteiger partial charge is 0.0125 e. The van der Waals surface area contributed by atoms with Crippen molar-refractivity contribution in [3.63, 3.8) is 0 Å². The number of nitrogens with zero attached hydrogens (tertiary/aromatic N) is 1. The summed E-state index contributed by atoms with van der Waals surface area (Å²) in [6.07, 6.45) is 5.59. The van der Waals surface area contributed by atoms with Gasteiger partial charge in [0, 0.05) is 12.1 Å². The van der Waals surface area contributed by atoms with Crippen molar-refractivity contribution in [2.45, 2.75) is 44.7 Å². The van der Waals surface area contributed by atoms with Gasteiger partial charge in [-0.1, -0.05) is 6.92 Å². The lowest BCUT2D eigenvalue weighted by molar-refractivity contribution is 0.0678. The van der Waals surface area contributed by atoms with E-state index in [9.17, 15) is 0 Å². The van der Waals surface area contributed by atoms with E-state index in [-0.39, 0.29) is 0 Å². The van der Waals surface area contributed by atoms with Crippen molar-refractivity contribution in [3.05, 3.63) is 0 Å². The molecule has 0 aromatic heterocycles. The first kappa shape index (κ1) is 9.47. The molecule has 2 aliphatic rings. The largest absolute Gasteiger partial charge is 0.317 e. The third kappa shape index (κ3) is 2.05. The van der Waals surface area contributed by atoms with Gasteiger partial charge in [-0.05, 0) is 51.7 Å². The Kier molecular flexibility index (Phi) is 2.89. The fraction of sp³-hybridized carbons (Fsp3) is 1.00. The highest BCUT2D eigenvalue weighted by Gasteiger charge is 2.33. The maximum atomic E-state index is 3.35. The highest BCUT2D eigenvalue weighted by molar-refractivity contribution is 4.92. The molecule has 1 saturated carbocycles. The predicted molar refractivity (Wildman–Crippen MR) is 55.8 cm³/mol. The average Bonchev–Trinajstić information content (AvgIpc) is 2.06. The van der Waals surface area contributed by atoms with Crippen LogP contribution in [0, 0.1) is 5.92 Å². The van der Waals surface area contributed by atoms with Gasteiger partial charge in [0.15, 0.2) is 0 Å². The van der Waals surface area contributed by atoms with E-state index >= 15 is 0 Å². The van der Waals surface area contributed by atoms with Crippen LogP contribution in [0.2, 0.25) is 0 Å². The average molecular weight is 182 g/mol. The highest BCUT2D eigenvalue weighted by Crippen LogP contribution is 2.29. The van der Waals surface area contributed by atoms with E-state index in [0.717, 1.165) is 18.0 Å². The Morgan fingerprint density at radius 3 is 2.31 bits per heavy atom. The molecule has 0 aromatic rings. The van der Waals surface area contributed by atoms with Gasteiger partial charge in [-0.15, -0.1) is 0 Å². The molecular formula is C11H22N2. The molecule has 2 fully saturated rings. The van der Waals surface area contributed by atoms with Gasteiger partial charge < -0.3 is 10.2 Å². The summed E-state index contributed by atoms with van der Waals surface area (Å²) in [4.78, 5) is 2.70. The second-order valence-electron chi connectivity index (χ2n) is 4.83. The van der Waals surface area contributed by atoms with Crippen LogP contribution in [0.3, 0.4) is 0 Å². The van der Waals surface area contributed by atoms with E-state index in [0.29, 0.717) is 0 Å². The van der Waals surface area contributed by atoms with Crippen molar-refractivity contribution in [2.24, 2.45) is 5.92 Å². The van der Waals surface area contributed by atoms with Crippen molar-refractivity contribution in [1.82, 2.24) is 10.2 Å². The summed E-state index contributed by atoms with van der Waals surface area (Å²) in [5.74, 6) is 0.969. The summed E-state index contributed by atoms with van der Waals surface area (Å²) in [6.45, 7) is 5.08. The molecule has 1 heterocycles. The van der Waals surface area contributed by atoms with Crippen LogP contribution < -0.4 is 5.32 Å². The SMILES string of the molecule is CNC1CC(N2CCC(C)CC2)C1. The van der Waals surface area contributed by atoms with Gasteiger partial charge in [0.25, 0.3) is 0 Å². The van der Waals surface area contributed by atoms with Crippen molar-refractivity contribution >= 4 is 0 Å². The zero-order chi connectivity index (χ0) is 9.26. The first-order valence-electron chi connectivity index (χ1n) is 5.71.